The zero-order valence-corrected chi connectivity index (χ0v) is 7.23. The van der Waals surface area contributed by atoms with Crippen molar-refractivity contribution in [2.24, 2.45) is 5.14 Å². The predicted octanol–water partition coefficient (Wildman–Crippen LogP) is -0.583. The van der Waals surface area contributed by atoms with Crippen molar-refractivity contribution < 1.29 is 8.42 Å². The molecule has 4 nitrogen and oxygen atoms in total. The number of hydrogen-bond acceptors (Lipinski definition) is 3. The smallest absolute Gasteiger partial charge is 0.212 e. The Bertz CT molecular complexity index is 205. The summed E-state index contributed by atoms with van der Waals surface area (Å²) >= 11 is 0. The normalized spacial score (nSPS) is 27.9. The number of nitrogens with two attached hydrogens (primary N) is 1. The molecule has 1 heterocycles. The van der Waals surface area contributed by atoms with E-state index in [9.17, 15) is 8.42 Å². The Balaban J connectivity index is 2.57. The van der Waals surface area contributed by atoms with Gasteiger partial charge in [0.05, 0.1) is 5.25 Å². The summed E-state index contributed by atoms with van der Waals surface area (Å²) in [5.41, 5.74) is 0. The molecule has 0 saturated carbocycles. The molecular weight excluding hydrogens is 164 g/mol. The molecule has 0 radical (unpaired) electrons. The SMILES string of the molecule is NS(=O)(=O)C1CCCNCC1. The summed E-state index contributed by atoms with van der Waals surface area (Å²) in [6.07, 6.45) is 2.26. The highest BCUT2D eigenvalue weighted by Gasteiger charge is 2.21. The number of sulfonamides is 1. The Labute approximate surface area is 67.2 Å². The van der Waals surface area contributed by atoms with Gasteiger partial charge < -0.3 is 5.32 Å². The lowest BCUT2D eigenvalue weighted by Gasteiger charge is -2.09. The Morgan fingerprint density at radius 3 is 2.64 bits per heavy atom. The maximum absolute atomic E-state index is 10.9. The fraction of sp³-hybridized carbons (Fsp3) is 1.00. The first kappa shape index (κ1) is 8.96. The molecule has 1 saturated heterocycles. The molecule has 0 spiro atoms. The average Bonchev–Trinajstić information content (AvgIpc) is 2.10. The molecule has 0 bridgehead atoms. The van der Waals surface area contributed by atoms with Crippen LogP contribution in [0.1, 0.15) is 19.3 Å². The Hall–Kier alpha value is -0.130. The molecule has 3 N–H and O–H groups in total. The second-order valence-corrected chi connectivity index (χ2v) is 4.74. The van der Waals surface area contributed by atoms with Crippen LogP contribution in [0.15, 0.2) is 0 Å². The molecule has 66 valence electrons. The van der Waals surface area contributed by atoms with E-state index in [2.05, 4.69) is 5.32 Å². The summed E-state index contributed by atoms with van der Waals surface area (Å²) in [6, 6.07) is 0. The third kappa shape index (κ3) is 2.76. The summed E-state index contributed by atoms with van der Waals surface area (Å²) in [5.74, 6) is 0. The number of rotatable bonds is 1. The first-order valence-corrected chi connectivity index (χ1v) is 5.44. The van der Waals surface area contributed by atoms with E-state index in [0.717, 1.165) is 19.5 Å². The quantitative estimate of drug-likeness (QED) is 0.564. The fourth-order valence-corrected chi connectivity index (χ4v) is 2.26. The second kappa shape index (κ2) is 3.51. The molecule has 0 amide bonds. The van der Waals surface area contributed by atoms with Crippen molar-refractivity contribution in [2.45, 2.75) is 24.5 Å². The second-order valence-electron chi connectivity index (χ2n) is 2.89. The van der Waals surface area contributed by atoms with E-state index >= 15 is 0 Å². The van der Waals surface area contributed by atoms with E-state index in [4.69, 9.17) is 5.14 Å². The third-order valence-electron chi connectivity index (χ3n) is 1.99. The molecule has 1 fully saturated rings. The van der Waals surface area contributed by atoms with Gasteiger partial charge in [-0.15, -0.1) is 0 Å². The molecule has 0 aromatic heterocycles. The van der Waals surface area contributed by atoms with Crippen molar-refractivity contribution in [1.82, 2.24) is 5.32 Å². The van der Waals surface area contributed by atoms with E-state index in [1.165, 1.54) is 0 Å². The first-order valence-electron chi connectivity index (χ1n) is 3.83. The first-order chi connectivity index (χ1) is 5.11. The molecule has 11 heavy (non-hydrogen) atoms. The van der Waals surface area contributed by atoms with E-state index in [1.807, 2.05) is 0 Å². The van der Waals surface area contributed by atoms with Crippen molar-refractivity contribution in [3.05, 3.63) is 0 Å². The molecule has 1 aliphatic heterocycles. The van der Waals surface area contributed by atoms with Gasteiger partial charge in [-0.3, -0.25) is 0 Å². The lowest BCUT2D eigenvalue weighted by atomic mass is 10.2. The van der Waals surface area contributed by atoms with Gasteiger partial charge in [-0.1, -0.05) is 0 Å². The molecule has 0 aromatic rings. The minimum atomic E-state index is -3.29. The Kier molecular flexibility index (Phi) is 2.86. The van der Waals surface area contributed by atoms with E-state index in [-0.39, 0.29) is 5.25 Å². The topological polar surface area (TPSA) is 72.2 Å². The van der Waals surface area contributed by atoms with Gasteiger partial charge in [0, 0.05) is 0 Å². The van der Waals surface area contributed by atoms with Gasteiger partial charge in [-0.25, -0.2) is 13.6 Å². The number of nitrogens with one attached hydrogen (secondary N) is 1. The molecule has 1 atom stereocenters. The van der Waals surface area contributed by atoms with Crippen LogP contribution in [-0.4, -0.2) is 26.8 Å². The standard InChI is InChI=1S/C6H14N2O2S/c7-11(9,10)6-2-1-4-8-5-3-6/h6,8H,1-5H2,(H2,7,9,10). The lowest BCUT2D eigenvalue weighted by molar-refractivity contribution is 0.568. The van der Waals surface area contributed by atoms with Gasteiger partial charge in [0.25, 0.3) is 0 Å². The Morgan fingerprint density at radius 2 is 2.00 bits per heavy atom. The minimum Gasteiger partial charge on any atom is -0.317 e. The summed E-state index contributed by atoms with van der Waals surface area (Å²) in [7, 11) is -3.29. The highest BCUT2D eigenvalue weighted by Crippen LogP contribution is 2.11. The van der Waals surface area contributed by atoms with Crippen LogP contribution in [0.25, 0.3) is 0 Å². The Morgan fingerprint density at radius 1 is 1.27 bits per heavy atom. The van der Waals surface area contributed by atoms with Crippen LogP contribution < -0.4 is 10.5 Å². The van der Waals surface area contributed by atoms with Gasteiger partial charge in [-0.05, 0) is 32.4 Å². The summed E-state index contributed by atoms with van der Waals surface area (Å²) in [4.78, 5) is 0. The van der Waals surface area contributed by atoms with Crippen LogP contribution in [-0.2, 0) is 10.0 Å². The maximum atomic E-state index is 10.9. The predicted molar refractivity (Wildman–Crippen MR) is 43.6 cm³/mol. The molecule has 0 aromatic carbocycles. The largest absolute Gasteiger partial charge is 0.317 e. The van der Waals surface area contributed by atoms with Crippen molar-refractivity contribution in [2.75, 3.05) is 13.1 Å². The van der Waals surface area contributed by atoms with Crippen LogP contribution in [0.2, 0.25) is 0 Å². The lowest BCUT2D eigenvalue weighted by Crippen LogP contribution is -2.29. The monoisotopic (exact) mass is 178 g/mol. The average molecular weight is 178 g/mol. The minimum absolute atomic E-state index is 0.322. The van der Waals surface area contributed by atoms with Crippen molar-refractivity contribution in [3.8, 4) is 0 Å². The van der Waals surface area contributed by atoms with Crippen LogP contribution >= 0.6 is 0 Å². The van der Waals surface area contributed by atoms with Gasteiger partial charge in [0.1, 0.15) is 0 Å². The van der Waals surface area contributed by atoms with Crippen molar-refractivity contribution in [1.29, 1.82) is 0 Å². The van der Waals surface area contributed by atoms with E-state index < -0.39 is 10.0 Å². The highest BCUT2D eigenvalue weighted by atomic mass is 32.2. The van der Waals surface area contributed by atoms with Gasteiger partial charge in [0.2, 0.25) is 10.0 Å². The molecular formula is C6H14N2O2S. The van der Waals surface area contributed by atoms with Crippen molar-refractivity contribution in [3.63, 3.8) is 0 Å². The summed E-state index contributed by atoms with van der Waals surface area (Å²) in [5, 5.41) is 7.83. The van der Waals surface area contributed by atoms with Crippen LogP contribution in [0, 0.1) is 0 Å². The van der Waals surface area contributed by atoms with Gasteiger partial charge in [0.15, 0.2) is 0 Å². The third-order valence-corrected chi connectivity index (χ3v) is 3.39. The molecule has 0 aliphatic carbocycles. The van der Waals surface area contributed by atoms with Crippen LogP contribution in [0.4, 0.5) is 0 Å². The molecule has 1 rings (SSSR count). The van der Waals surface area contributed by atoms with Gasteiger partial charge in [-0.2, -0.15) is 0 Å². The van der Waals surface area contributed by atoms with Crippen LogP contribution in [0.5, 0.6) is 0 Å². The number of hydrogen-bond donors (Lipinski definition) is 2. The zero-order chi connectivity index (χ0) is 8.32. The highest BCUT2D eigenvalue weighted by molar-refractivity contribution is 7.89. The molecule has 1 aliphatic rings. The van der Waals surface area contributed by atoms with Crippen molar-refractivity contribution >= 4 is 10.0 Å². The van der Waals surface area contributed by atoms with Crippen LogP contribution in [0.3, 0.4) is 0 Å². The van der Waals surface area contributed by atoms with E-state index in [1.54, 1.807) is 0 Å². The summed E-state index contributed by atoms with van der Waals surface area (Å²) < 4.78 is 21.8. The van der Waals surface area contributed by atoms with Gasteiger partial charge >= 0.3 is 0 Å². The zero-order valence-electron chi connectivity index (χ0n) is 6.41. The summed E-state index contributed by atoms with van der Waals surface area (Å²) in [6.45, 7) is 1.67. The fourth-order valence-electron chi connectivity index (χ4n) is 1.32. The number of primary sulfonamides is 1. The van der Waals surface area contributed by atoms with E-state index in [0.29, 0.717) is 12.8 Å². The maximum Gasteiger partial charge on any atom is 0.212 e. The molecule has 1 unspecified atom stereocenters. The molecule has 5 heteroatoms.